The Labute approximate surface area is 127 Å². The third-order valence-corrected chi connectivity index (χ3v) is 4.18. The molecule has 2 N–H and O–H groups in total. The fraction of sp³-hybridized carbons (Fsp3) is 0.588. The number of likely N-dealkylation sites (N-methyl/N-ethyl adjacent to an activating group) is 1. The van der Waals surface area contributed by atoms with Gasteiger partial charge in [0.1, 0.15) is 0 Å². The van der Waals surface area contributed by atoms with Gasteiger partial charge in [0, 0.05) is 24.8 Å². The number of anilines is 1. The number of nitrogens with two attached hydrogens (primary N) is 1. The van der Waals surface area contributed by atoms with E-state index in [1.165, 1.54) is 12.8 Å². The van der Waals surface area contributed by atoms with Gasteiger partial charge in [-0.2, -0.15) is 0 Å². The lowest BCUT2D eigenvalue weighted by atomic mass is 10.1. The standard InChI is InChI=1S/C17H27N3O/c1-19(2)10-11-20(16-8-3-4-9-16)17(21)13-14-6-5-7-15(18)12-14/h5-7,12,16H,3-4,8-11,13,18H2,1-2H3. The van der Waals surface area contributed by atoms with E-state index in [9.17, 15) is 4.79 Å². The van der Waals surface area contributed by atoms with Crippen molar-refractivity contribution in [3.63, 3.8) is 0 Å². The summed E-state index contributed by atoms with van der Waals surface area (Å²) in [4.78, 5) is 16.9. The van der Waals surface area contributed by atoms with Crippen molar-refractivity contribution in [2.45, 2.75) is 38.1 Å². The molecule has 116 valence electrons. The van der Waals surface area contributed by atoms with Crippen LogP contribution in [0.15, 0.2) is 24.3 Å². The molecule has 1 aromatic carbocycles. The van der Waals surface area contributed by atoms with Crippen LogP contribution in [0.4, 0.5) is 5.69 Å². The van der Waals surface area contributed by atoms with Crippen LogP contribution >= 0.6 is 0 Å². The highest BCUT2D eigenvalue weighted by Crippen LogP contribution is 2.24. The Bertz CT molecular complexity index is 467. The molecule has 1 aliphatic rings. The van der Waals surface area contributed by atoms with E-state index in [1.807, 2.05) is 24.3 Å². The minimum absolute atomic E-state index is 0.231. The molecule has 4 heteroatoms. The largest absolute Gasteiger partial charge is 0.399 e. The molecule has 0 saturated heterocycles. The van der Waals surface area contributed by atoms with Crippen LogP contribution < -0.4 is 5.73 Å². The van der Waals surface area contributed by atoms with E-state index >= 15 is 0 Å². The van der Waals surface area contributed by atoms with Crippen molar-refractivity contribution < 1.29 is 4.79 Å². The van der Waals surface area contributed by atoms with E-state index in [0.29, 0.717) is 12.5 Å². The molecule has 0 radical (unpaired) electrons. The molecule has 1 aliphatic carbocycles. The Morgan fingerprint density at radius 2 is 1.95 bits per heavy atom. The molecule has 0 aliphatic heterocycles. The van der Waals surface area contributed by atoms with Crippen molar-refractivity contribution in [2.75, 3.05) is 32.9 Å². The first-order chi connectivity index (χ1) is 10.1. The van der Waals surface area contributed by atoms with Crippen molar-refractivity contribution in [1.82, 2.24) is 9.80 Å². The maximum atomic E-state index is 12.7. The molecule has 0 unspecified atom stereocenters. The van der Waals surface area contributed by atoms with Crippen LogP contribution in [-0.4, -0.2) is 48.9 Å². The zero-order valence-electron chi connectivity index (χ0n) is 13.2. The van der Waals surface area contributed by atoms with Crippen LogP contribution in [0.2, 0.25) is 0 Å². The highest BCUT2D eigenvalue weighted by molar-refractivity contribution is 5.79. The highest BCUT2D eigenvalue weighted by Gasteiger charge is 2.26. The quantitative estimate of drug-likeness (QED) is 0.816. The summed E-state index contributed by atoms with van der Waals surface area (Å²) in [5, 5.41) is 0. The van der Waals surface area contributed by atoms with Gasteiger partial charge in [-0.25, -0.2) is 0 Å². The number of amides is 1. The normalized spacial score (nSPS) is 15.6. The Morgan fingerprint density at radius 1 is 1.24 bits per heavy atom. The van der Waals surface area contributed by atoms with Gasteiger partial charge in [-0.15, -0.1) is 0 Å². The second-order valence-electron chi connectivity index (χ2n) is 6.25. The lowest BCUT2D eigenvalue weighted by molar-refractivity contribution is -0.132. The maximum absolute atomic E-state index is 12.7. The number of nitrogen functional groups attached to an aromatic ring is 1. The molecule has 0 aromatic heterocycles. The minimum atomic E-state index is 0.231. The first kappa shape index (κ1) is 15.8. The van der Waals surface area contributed by atoms with Crippen molar-refractivity contribution in [2.24, 2.45) is 0 Å². The Hall–Kier alpha value is -1.55. The number of hydrogen-bond acceptors (Lipinski definition) is 3. The number of hydrogen-bond donors (Lipinski definition) is 1. The Morgan fingerprint density at radius 3 is 2.57 bits per heavy atom. The van der Waals surface area contributed by atoms with Crippen LogP contribution in [0.25, 0.3) is 0 Å². The molecule has 1 saturated carbocycles. The summed E-state index contributed by atoms with van der Waals surface area (Å²) in [7, 11) is 4.10. The van der Waals surface area contributed by atoms with Gasteiger partial charge >= 0.3 is 0 Å². The predicted molar refractivity (Wildman–Crippen MR) is 87.1 cm³/mol. The third kappa shape index (κ3) is 4.74. The van der Waals surface area contributed by atoms with Gasteiger partial charge in [-0.1, -0.05) is 25.0 Å². The molecule has 1 amide bonds. The fourth-order valence-corrected chi connectivity index (χ4v) is 3.01. The van der Waals surface area contributed by atoms with Gasteiger partial charge in [-0.05, 0) is 44.6 Å². The summed E-state index contributed by atoms with van der Waals surface area (Å²) in [6, 6.07) is 8.08. The molecule has 0 heterocycles. The lowest BCUT2D eigenvalue weighted by Gasteiger charge is -2.30. The number of nitrogens with zero attached hydrogens (tertiary/aromatic N) is 2. The highest BCUT2D eigenvalue weighted by atomic mass is 16.2. The summed E-state index contributed by atoms with van der Waals surface area (Å²) in [6.07, 6.45) is 5.24. The molecule has 21 heavy (non-hydrogen) atoms. The van der Waals surface area contributed by atoms with E-state index < -0.39 is 0 Å². The average molecular weight is 289 g/mol. The molecule has 0 bridgehead atoms. The third-order valence-electron chi connectivity index (χ3n) is 4.18. The van der Waals surface area contributed by atoms with E-state index in [2.05, 4.69) is 23.9 Å². The van der Waals surface area contributed by atoms with Crippen LogP contribution in [0, 0.1) is 0 Å². The smallest absolute Gasteiger partial charge is 0.227 e. The minimum Gasteiger partial charge on any atom is -0.399 e. The van der Waals surface area contributed by atoms with Gasteiger partial charge in [0.2, 0.25) is 5.91 Å². The summed E-state index contributed by atoms with van der Waals surface area (Å²) in [5.74, 6) is 0.231. The van der Waals surface area contributed by atoms with Crippen LogP contribution in [-0.2, 0) is 11.2 Å². The van der Waals surface area contributed by atoms with Crippen LogP contribution in [0.5, 0.6) is 0 Å². The first-order valence-electron chi connectivity index (χ1n) is 7.85. The van der Waals surface area contributed by atoms with Gasteiger partial charge in [-0.3, -0.25) is 4.79 Å². The van der Waals surface area contributed by atoms with E-state index in [-0.39, 0.29) is 5.91 Å². The summed E-state index contributed by atoms with van der Waals surface area (Å²) in [5.41, 5.74) is 7.53. The molecule has 0 atom stereocenters. The molecule has 1 aromatic rings. The number of benzene rings is 1. The number of carbonyl (C=O) groups is 1. The van der Waals surface area contributed by atoms with Crippen LogP contribution in [0.1, 0.15) is 31.2 Å². The second-order valence-corrected chi connectivity index (χ2v) is 6.25. The average Bonchev–Trinajstić information content (AvgIpc) is 2.92. The van der Waals surface area contributed by atoms with Gasteiger partial charge in [0.05, 0.1) is 6.42 Å². The number of carbonyl (C=O) groups excluding carboxylic acids is 1. The van der Waals surface area contributed by atoms with Crippen molar-refractivity contribution >= 4 is 11.6 Å². The molecule has 2 rings (SSSR count). The van der Waals surface area contributed by atoms with Gasteiger partial charge < -0.3 is 15.5 Å². The van der Waals surface area contributed by atoms with Gasteiger partial charge in [0.25, 0.3) is 0 Å². The molecule has 1 fully saturated rings. The fourth-order valence-electron chi connectivity index (χ4n) is 3.01. The molecular weight excluding hydrogens is 262 g/mol. The van der Waals surface area contributed by atoms with E-state index in [0.717, 1.165) is 37.2 Å². The van der Waals surface area contributed by atoms with Crippen molar-refractivity contribution in [3.8, 4) is 0 Å². The van der Waals surface area contributed by atoms with Crippen molar-refractivity contribution in [1.29, 1.82) is 0 Å². The summed E-state index contributed by atoms with van der Waals surface area (Å²) in [6.45, 7) is 1.73. The monoisotopic (exact) mass is 289 g/mol. The van der Waals surface area contributed by atoms with Crippen molar-refractivity contribution in [3.05, 3.63) is 29.8 Å². The topological polar surface area (TPSA) is 49.6 Å². The van der Waals surface area contributed by atoms with Gasteiger partial charge in [0.15, 0.2) is 0 Å². The Kier molecular flexibility index (Phi) is 5.62. The number of rotatable bonds is 6. The Balaban J connectivity index is 2.02. The lowest BCUT2D eigenvalue weighted by Crippen LogP contribution is -2.43. The maximum Gasteiger partial charge on any atom is 0.227 e. The second kappa shape index (κ2) is 7.46. The first-order valence-corrected chi connectivity index (χ1v) is 7.85. The molecular formula is C17H27N3O. The van der Waals surface area contributed by atoms with E-state index in [1.54, 1.807) is 0 Å². The molecule has 0 spiro atoms. The zero-order valence-corrected chi connectivity index (χ0v) is 13.2. The predicted octanol–water partition coefficient (Wildman–Crippen LogP) is 2.14. The van der Waals surface area contributed by atoms with Crippen LogP contribution in [0.3, 0.4) is 0 Å². The summed E-state index contributed by atoms with van der Waals surface area (Å²) >= 11 is 0. The zero-order chi connectivity index (χ0) is 15.2. The molecule has 4 nitrogen and oxygen atoms in total. The summed E-state index contributed by atoms with van der Waals surface area (Å²) < 4.78 is 0. The van der Waals surface area contributed by atoms with E-state index in [4.69, 9.17) is 5.73 Å². The SMILES string of the molecule is CN(C)CCN(C(=O)Cc1cccc(N)c1)C1CCCC1.